The summed E-state index contributed by atoms with van der Waals surface area (Å²) in [7, 11) is 0. The molecule has 0 atom stereocenters. The van der Waals surface area contributed by atoms with Gasteiger partial charge >= 0.3 is 6.03 Å². The van der Waals surface area contributed by atoms with Gasteiger partial charge in [0.1, 0.15) is 0 Å². The summed E-state index contributed by atoms with van der Waals surface area (Å²) in [6.07, 6.45) is 0.675. The molecule has 1 aromatic heterocycles. The van der Waals surface area contributed by atoms with Crippen LogP contribution in [0.2, 0.25) is 5.02 Å². The van der Waals surface area contributed by atoms with Crippen LogP contribution in [0.3, 0.4) is 0 Å². The van der Waals surface area contributed by atoms with Crippen molar-refractivity contribution >= 4 is 23.3 Å². The van der Waals surface area contributed by atoms with Crippen LogP contribution >= 0.6 is 11.6 Å². The predicted molar refractivity (Wildman–Crippen MR) is 96.5 cm³/mol. The minimum atomic E-state index is -0.125. The van der Waals surface area contributed by atoms with Crippen molar-refractivity contribution in [3.8, 4) is 11.3 Å². The Kier molecular flexibility index (Phi) is 4.15. The number of carbonyl (C=O) groups is 1. The Morgan fingerprint density at radius 3 is 2.64 bits per heavy atom. The first-order valence-corrected chi connectivity index (χ1v) is 8.43. The Morgan fingerprint density at radius 2 is 1.88 bits per heavy atom. The van der Waals surface area contributed by atoms with Crippen LogP contribution in [0, 0.1) is 0 Å². The van der Waals surface area contributed by atoms with E-state index in [0.29, 0.717) is 30.3 Å². The third-order valence-corrected chi connectivity index (χ3v) is 4.51. The van der Waals surface area contributed by atoms with Gasteiger partial charge in [-0.05, 0) is 36.4 Å². The number of nitrogens with zero attached hydrogens (tertiary/aromatic N) is 2. The molecule has 0 fully saturated rings. The molecule has 25 heavy (non-hydrogen) atoms. The molecule has 6 heteroatoms. The Bertz CT molecular complexity index is 891. The molecule has 4 rings (SSSR count). The van der Waals surface area contributed by atoms with Crippen LogP contribution < -0.4 is 5.32 Å². The largest absolute Gasteiger partial charge is 0.356 e. The van der Waals surface area contributed by atoms with E-state index in [1.165, 1.54) is 0 Å². The quantitative estimate of drug-likeness (QED) is 0.733. The van der Waals surface area contributed by atoms with Crippen LogP contribution in [0.1, 0.15) is 11.3 Å². The van der Waals surface area contributed by atoms with Gasteiger partial charge in [0, 0.05) is 34.8 Å². The molecule has 1 aliphatic heterocycles. The van der Waals surface area contributed by atoms with Gasteiger partial charge < -0.3 is 14.7 Å². The van der Waals surface area contributed by atoms with E-state index in [2.05, 4.69) is 10.5 Å². The smallest absolute Gasteiger partial charge is 0.322 e. The highest BCUT2D eigenvalue weighted by Gasteiger charge is 2.27. The highest BCUT2D eigenvalue weighted by molar-refractivity contribution is 6.30. The number of rotatable bonds is 2. The van der Waals surface area contributed by atoms with Gasteiger partial charge in [-0.2, -0.15) is 0 Å². The number of hydrogen-bond acceptors (Lipinski definition) is 3. The Morgan fingerprint density at radius 1 is 1.12 bits per heavy atom. The molecule has 0 radical (unpaired) electrons. The third kappa shape index (κ3) is 3.23. The average molecular weight is 354 g/mol. The Balaban J connectivity index is 1.55. The molecule has 0 saturated heterocycles. The average Bonchev–Trinajstić information content (AvgIpc) is 3.06. The van der Waals surface area contributed by atoms with E-state index in [1.807, 2.05) is 54.6 Å². The molecule has 126 valence electrons. The minimum Gasteiger partial charge on any atom is -0.356 e. The number of fused-ring (bicyclic) bond motifs is 1. The first kappa shape index (κ1) is 15.7. The second-order valence-electron chi connectivity index (χ2n) is 5.91. The summed E-state index contributed by atoms with van der Waals surface area (Å²) >= 11 is 5.95. The van der Waals surface area contributed by atoms with Crippen molar-refractivity contribution < 1.29 is 9.32 Å². The number of anilines is 1. The number of benzene rings is 2. The molecule has 0 aliphatic carbocycles. The number of hydrogen-bond donors (Lipinski definition) is 1. The molecule has 5 nitrogen and oxygen atoms in total. The number of para-hydroxylation sites is 1. The topological polar surface area (TPSA) is 58.4 Å². The first-order chi connectivity index (χ1) is 12.2. The number of amides is 2. The highest BCUT2D eigenvalue weighted by Crippen LogP contribution is 2.31. The number of carbonyl (C=O) groups excluding carboxylic acids is 1. The SMILES string of the molecule is O=C(Nc1ccccc1)N1CCc2noc(-c3ccc(Cl)cc3)c2C1. The zero-order valence-electron chi connectivity index (χ0n) is 13.4. The Hall–Kier alpha value is -2.79. The lowest BCUT2D eigenvalue weighted by molar-refractivity contribution is 0.206. The molecule has 0 spiro atoms. The van der Waals surface area contributed by atoms with Gasteiger partial charge in [-0.1, -0.05) is 35.0 Å². The van der Waals surface area contributed by atoms with Crippen molar-refractivity contribution in [2.24, 2.45) is 0 Å². The van der Waals surface area contributed by atoms with Crippen LogP contribution in [-0.2, 0) is 13.0 Å². The van der Waals surface area contributed by atoms with Gasteiger partial charge in [0.25, 0.3) is 0 Å². The van der Waals surface area contributed by atoms with Crippen molar-refractivity contribution in [2.45, 2.75) is 13.0 Å². The van der Waals surface area contributed by atoms with Crippen LogP contribution in [-0.4, -0.2) is 22.6 Å². The number of aromatic nitrogens is 1. The van der Waals surface area contributed by atoms with E-state index in [1.54, 1.807) is 4.90 Å². The molecule has 2 heterocycles. The minimum absolute atomic E-state index is 0.125. The van der Waals surface area contributed by atoms with E-state index >= 15 is 0 Å². The maximum absolute atomic E-state index is 12.5. The van der Waals surface area contributed by atoms with Crippen LogP contribution in [0.5, 0.6) is 0 Å². The summed E-state index contributed by atoms with van der Waals surface area (Å²) in [5.41, 5.74) is 3.55. The first-order valence-electron chi connectivity index (χ1n) is 8.05. The van der Waals surface area contributed by atoms with Crippen molar-refractivity contribution in [3.63, 3.8) is 0 Å². The monoisotopic (exact) mass is 353 g/mol. The number of halogens is 1. The second kappa shape index (κ2) is 6.61. The summed E-state index contributed by atoms with van der Waals surface area (Å²) in [5.74, 6) is 0.698. The van der Waals surface area contributed by atoms with E-state index in [4.69, 9.17) is 16.1 Å². The lowest BCUT2D eigenvalue weighted by atomic mass is 10.0. The maximum atomic E-state index is 12.5. The summed E-state index contributed by atoms with van der Waals surface area (Å²) in [4.78, 5) is 14.3. The highest BCUT2D eigenvalue weighted by atomic mass is 35.5. The number of urea groups is 1. The zero-order valence-corrected chi connectivity index (χ0v) is 14.2. The van der Waals surface area contributed by atoms with Gasteiger partial charge in [-0.25, -0.2) is 4.79 Å². The third-order valence-electron chi connectivity index (χ3n) is 4.26. The van der Waals surface area contributed by atoms with Crippen LogP contribution in [0.25, 0.3) is 11.3 Å². The van der Waals surface area contributed by atoms with Gasteiger partial charge in [-0.3, -0.25) is 0 Å². The normalized spacial score (nSPS) is 13.4. The fraction of sp³-hybridized carbons (Fsp3) is 0.158. The lowest BCUT2D eigenvalue weighted by Crippen LogP contribution is -2.38. The van der Waals surface area contributed by atoms with Crippen LogP contribution in [0.4, 0.5) is 10.5 Å². The molecule has 1 aliphatic rings. The van der Waals surface area contributed by atoms with E-state index in [0.717, 1.165) is 22.5 Å². The van der Waals surface area contributed by atoms with Gasteiger partial charge in [-0.15, -0.1) is 0 Å². The fourth-order valence-corrected chi connectivity index (χ4v) is 3.06. The summed E-state index contributed by atoms with van der Waals surface area (Å²) < 4.78 is 5.54. The lowest BCUT2D eigenvalue weighted by Gasteiger charge is -2.26. The van der Waals surface area contributed by atoms with E-state index in [9.17, 15) is 4.79 Å². The molecule has 0 unspecified atom stereocenters. The van der Waals surface area contributed by atoms with Crippen molar-refractivity contribution in [1.29, 1.82) is 0 Å². The zero-order chi connectivity index (χ0) is 17.2. The fourth-order valence-electron chi connectivity index (χ4n) is 2.94. The Labute approximate surface area is 150 Å². The van der Waals surface area contributed by atoms with Crippen molar-refractivity contribution in [3.05, 3.63) is 70.9 Å². The van der Waals surface area contributed by atoms with Gasteiger partial charge in [0.05, 0.1) is 12.2 Å². The standard InChI is InChI=1S/C19H16ClN3O2/c20-14-8-6-13(7-9-14)18-16-12-23(11-10-17(16)22-25-18)19(24)21-15-4-2-1-3-5-15/h1-9H,10-12H2,(H,21,24). The summed E-state index contributed by atoms with van der Waals surface area (Å²) in [6, 6.07) is 16.7. The van der Waals surface area contributed by atoms with Gasteiger partial charge in [0.15, 0.2) is 5.76 Å². The van der Waals surface area contributed by atoms with E-state index in [-0.39, 0.29) is 6.03 Å². The summed E-state index contributed by atoms with van der Waals surface area (Å²) in [6.45, 7) is 1.08. The predicted octanol–water partition coefficient (Wildman–Crippen LogP) is 4.59. The van der Waals surface area contributed by atoms with Crippen molar-refractivity contribution in [1.82, 2.24) is 10.1 Å². The molecular formula is C19H16ClN3O2. The molecule has 1 N–H and O–H groups in total. The summed E-state index contributed by atoms with van der Waals surface area (Å²) in [5, 5.41) is 7.75. The molecule has 2 amide bonds. The molecule has 2 aromatic carbocycles. The molecule has 0 saturated carbocycles. The van der Waals surface area contributed by atoms with Crippen LogP contribution in [0.15, 0.2) is 59.1 Å². The van der Waals surface area contributed by atoms with Crippen molar-refractivity contribution in [2.75, 3.05) is 11.9 Å². The number of nitrogens with one attached hydrogen (secondary N) is 1. The second-order valence-corrected chi connectivity index (χ2v) is 6.35. The van der Waals surface area contributed by atoms with E-state index < -0.39 is 0 Å². The van der Waals surface area contributed by atoms with Gasteiger partial charge in [0.2, 0.25) is 0 Å². The molecule has 3 aromatic rings. The molecule has 0 bridgehead atoms. The maximum Gasteiger partial charge on any atom is 0.322 e. The molecular weight excluding hydrogens is 338 g/mol.